The van der Waals surface area contributed by atoms with Gasteiger partial charge in [-0.2, -0.15) is 0 Å². The Bertz CT molecular complexity index is 439. The van der Waals surface area contributed by atoms with Crippen molar-refractivity contribution in [3.05, 3.63) is 29.8 Å². The third-order valence-corrected chi connectivity index (χ3v) is 3.34. The van der Waals surface area contributed by atoms with Gasteiger partial charge in [-0.3, -0.25) is 0 Å². The Balaban J connectivity index is 2.57. The van der Waals surface area contributed by atoms with E-state index in [1.807, 2.05) is 31.2 Å². The first kappa shape index (κ1) is 14.0. The molecule has 0 aliphatic rings. The molecule has 0 heterocycles. The maximum Gasteiger partial charge on any atom is 0.149 e. The first-order valence-corrected chi connectivity index (χ1v) is 7.49. The fraction of sp³-hybridized carbons (Fsp3) is 0.500. The average Bonchev–Trinajstić information content (AvgIpc) is 2.18. The quantitative estimate of drug-likeness (QED) is 0.842. The number of sulfone groups is 1. The molecule has 0 fully saturated rings. The molecule has 1 N–H and O–H groups in total. The third-order valence-electron chi connectivity index (χ3n) is 2.23. The highest BCUT2D eigenvalue weighted by Gasteiger charge is 2.09. The summed E-state index contributed by atoms with van der Waals surface area (Å²) in [6, 6.07) is 7.66. The van der Waals surface area contributed by atoms with Crippen LogP contribution < -0.4 is 5.32 Å². The van der Waals surface area contributed by atoms with Crippen molar-refractivity contribution >= 4 is 15.5 Å². The Morgan fingerprint density at radius 1 is 1.29 bits per heavy atom. The normalized spacial score (nSPS) is 13.4. The number of rotatable bonds is 6. The maximum absolute atomic E-state index is 11.1. The van der Waals surface area contributed by atoms with Gasteiger partial charge in [0.1, 0.15) is 9.84 Å². The molecule has 1 atom stereocenters. The van der Waals surface area contributed by atoms with Crippen molar-refractivity contribution in [1.29, 1.82) is 0 Å². The van der Waals surface area contributed by atoms with Crippen LogP contribution in [0.1, 0.15) is 12.5 Å². The third kappa shape index (κ3) is 5.70. The standard InChI is InChI=1S/C12H19NO3S/c1-10(9-17(3,14)15)13-12-6-4-11(5-7-12)8-16-2/h4-7,10,13H,8-9H2,1-3H3. The molecule has 0 aliphatic heterocycles. The maximum atomic E-state index is 11.1. The Hall–Kier alpha value is -1.07. The summed E-state index contributed by atoms with van der Waals surface area (Å²) in [7, 11) is -1.29. The highest BCUT2D eigenvalue weighted by molar-refractivity contribution is 7.90. The lowest BCUT2D eigenvalue weighted by atomic mass is 10.2. The Morgan fingerprint density at radius 3 is 2.35 bits per heavy atom. The van der Waals surface area contributed by atoms with Crippen LogP contribution in [0.5, 0.6) is 0 Å². The van der Waals surface area contributed by atoms with E-state index in [1.165, 1.54) is 6.26 Å². The minimum atomic E-state index is -2.94. The summed E-state index contributed by atoms with van der Waals surface area (Å²) in [5, 5.41) is 3.15. The van der Waals surface area contributed by atoms with E-state index in [1.54, 1.807) is 7.11 Å². The SMILES string of the molecule is COCc1ccc(NC(C)CS(C)(=O)=O)cc1. The fourth-order valence-electron chi connectivity index (χ4n) is 1.64. The van der Waals surface area contributed by atoms with Gasteiger partial charge in [-0.15, -0.1) is 0 Å². The van der Waals surface area contributed by atoms with E-state index in [2.05, 4.69) is 5.32 Å². The predicted octanol–water partition coefficient (Wildman–Crippen LogP) is 1.68. The minimum Gasteiger partial charge on any atom is -0.382 e. The number of nitrogens with one attached hydrogen (secondary N) is 1. The molecule has 0 saturated heterocycles. The van der Waals surface area contributed by atoms with Crippen LogP contribution in [0, 0.1) is 0 Å². The van der Waals surface area contributed by atoms with Gasteiger partial charge in [0.15, 0.2) is 0 Å². The van der Waals surface area contributed by atoms with E-state index in [0.29, 0.717) is 6.61 Å². The van der Waals surface area contributed by atoms with Crippen molar-refractivity contribution in [3.63, 3.8) is 0 Å². The smallest absolute Gasteiger partial charge is 0.149 e. The monoisotopic (exact) mass is 257 g/mol. The molecule has 0 aromatic heterocycles. The number of hydrogen-bond acceptors (Lipinski definition) is 4. The zero-order valence-electron chi connectivity index (χ0n) is 10.4. The molecule has 0 bridgehead atoms. The van der Waals surface area contributed by atoms with Gasteiger partial charge < -0.3 is 10.1 Å². The second kappa shape index (κ2) is 6.02. The molecule has 0 radical (unpaired) electrons. The lowest BCUT2D eigenvalue weighted by Crippen LogP contribution is -2.24. The second-order valence-corrected chi connectivity index (χ2v) is 6.45. The summed E-state index contributed by atoms with van der Waals surface area (Å²) in [5.74, 6) is 0.132. The van der Waals surface area contributed by atoms with Crippen LogP contribution in [0.3, 0.4) is 0 Å². The predicted molar refractivity (Wildman–Crippen MR) is 70.0 cm³/mol. The molecular weight excluding hydrogens is 238 g/mol. The van der Waals surface area contributed by atoms with E-state index in [0.717, 1.165) is 11.3 Å². The highest BCUT2D eigenvalue weighted by atomic mass is 32.2. The molecule has 5 heteroatoms. The van der Waals surface area contributed by atoms with Crippen molar-refractivity contribution in [3.8, 4) is 0 Å². The summed E-state index contributed by atoms with van der Waals surface area (Å²) < 4.78 is 27.2. The number of ether oxygens (including phenoxy) is 1. The molecule has 0 amide bonds. The summed E-state index contributed by atoms with van der Waals surface area (Å²) in [5.41, 5.74) is 2.01. The van der Waals surface area contributed by atoms with Crippen LogP contribution in [0.2, 0.25) is 0 Å². The number of hydrogen-bond donors (Lipinski definition) is 1. The van der Waals surface area contributed by atoms with Gasteiger partial charge in [0, 0.05) is 25.1 Å². The first-order chi connectivity index (χ1) is 7.90. The van der Waals surface area contributed by atoms with Crippen LogP contribution in [-0.4, -0.2) is 33.6 Å². The largest absolute Gasteiger partial charge is 0.382 e. The Labute approximate surface area is 103 Å². The molecule has 17 heavy (non-hydrogen) atoms. The topological polar surface area (TPSA) is 55.4 Å². The molecular formula is C12H19NO3S. The molecule has 0 saturated carbocycles. The van der Waals surface area contributed by atoms with Crippen LogP contribution >= 0.6 is 0 Å². The molecule has 1 unspecified atom stereocenters. The average molecular weight is 257 g/mol. The van der Waals surface area contributed by atoms with E-state index >= 15 is 0 Å². The van der Waals surface area contributed by atoms with Gasteiger partial charge in [0.25, 0.3) is 0 Å². The molecule has 4 nitrogen and oxygen atoms in total. The summed E-state index contributed by atoms with van der Waals surface area (Å²) >= 11 is 0. The van der Waals surface area contributed by atoms with Crippen LogP contribution in [0.15, 0.2) is 24.3 Å². The summed E-state index contributed by atoms with van der Waals surface area (Å²) in [6.07, 6.45) is 1.24. The molecule has 1 aromatic rings. The second-order valence-electron chi connectivity index (χ2n) is 4.27. The van der Waals surface area contributed by atoms with Crippen molar-refractivity contribution in [2.24, 2.45) is 0 Å². The van der Waals surface area contributed by atoms with Gasteiger partial charge in [-0.25, -0.2) is 8.42 Å². The van der Waals surface area contributed by atoms with Gasteiger partial charge in [-0.05, 0) is 24.6 Å². The summed E-state index contributed by atoms with van der Waals surface area (Å²) in [4.78, 5) is 0. The molecule has 1 aromatic carbocycles. The summed E-state index contributed by atoms with van der Waals surface area (Å²) in [6.45, 7) is 2.43. The fourth-order valence-corrected chi connectivity index (χ4v) is 2.64. The van der Waals surface area contributed by atoms with Crippen molar-refractivity contribution in [1.82, 2.24) is 0 Å². The lowest BCUT2D eigenvalue weighted by Gasteiger charge is -2.14. The minimum absolute atomic E-state index is 0.0988. The lowest BCUT2D eigenvalue weighted by molar-refractivity contribution is 0.185. The molecule has 96 valence electrons. The Kier molecular flexibility index (Phi) is 4.96. The number of anilines is 1. The van der Waals surface area contributed by atoms with Crippen LogP contribution in [0.4, 0.5) is 5.69 Å². The van der Waals surface area contributed by atoms with Gasteiger partial charge in [0.2, 0.25) is 0 Å². The molecule has 0 spiro atoms. The van der Waals surface area contributed by atoms with Crippen molar-refractivity contribution in [2.75, 3.05) is 24.4 Å². The van der Waals surface area contributed by atoms with Gasteiger partial charge in [-0.1, -0.05) is 12.1 Å². The highest BCUT2D eigenvalue weighted by Crippen LogP contribution is 2.11. The van der Waals surface area contributed by atoms with Gasteiger partial charge in [0.05, 0.1) is 12.4 Å². The van der Waals surface area contributed by atoms with E-state index in [4.69, 9.17) is 4.74 Å². The van der Waals surface area contributed by atoms with E-state index in [9.17, 15) is 8.42 Å². The van der Waals surface area contributed by atoms with Gasteiger partial charge >= 0.3 is 0 Å². The first-order valence-electron chi connectivity index (χ1n) is 5.43. The van der Waals surface area contributed by atoms with Crippen LogP contribution in [0.25, 0.3) is 0 Å². The number of methoxy groups -OCH3 is 1. The van der Waals surface area contributed by atoms with Crippen molar-refractivity contribution in [2.45, 2.75) is 19.6 Å². The van der Waals surface area contributed by atoms with Crippen molar-refractivity contribution < 1.29 is 13.2 Å². The Morgan fingerprint density at radius 2 is 1.88 bits per heavy atom. The molecule has 0 aliphatic carbocycles. The number of benzene rings is 1. The molecule has 1 rings (SSSR count). The van der Waals surface area contributed by atoms with Crippen LogP contribution in [-0.2, 0) is 21.2 Å². The zero-order chi connectivity index (χ0) is 12.9. The van der Waals surface area contributed by atoms with E-state index < -0.39 is 9.84 Å². The zero-order valence-corrected chi connectivity index (χ0v) is 11.3. The van der Waals surface area contributed by atoms with E-state index in [-0.39, 0.29) is 11.8 Å².